The lowest BCUT2D eigenvalue weighted by Crippen LogP contribution is -2.50. The van der Waals surface area contributed by atoms with Crippen LogP contribution in [0.25, 0.3) is 0 Å². The summed E-state index contributed by atoms with van der Waals surface area (Å²) in [5, 5.41) is 5.78. The molecule has 1 aliphatic rings. The zero-order valence-corrected chi connectivity index (χ0v) is 17.6. The lowest BCUT2D eigenvalue weighted by Gasteiger charge is -2.22. The van der Waals surface area contributed by atoms with Gasteiger partial charge in [-0.25, -0.2) is 0 Å². The van der Waals surface area contributed by atoms with Crippen LogP contribution < -0.4 is 15.4 Å². The summed E-state index contributed by atoms with van der Waals surface area (Å²) in [7, 11) is 1.51. The van der Waals surface area contributed by atoms with E-state index in [1.807, 2.05) is 13.2 Å². The van der Waals surface area contributed by atoms with Gasteiger partial charge >= 0.3 is 0 Å². The van der Waals surface area contributed by atoms with E-state index in [-0.39, 0.29) is 24.0 Å². The van der Waals surface area contributed by atoms with E-state index in [9.17, 15) is 9.59 Å². The molecule has 1 aromatic rings. The number of methoxy groups -OCH3 is 1. The fraction of sp³-hybridized carbons (Fsp3) is 0.600. The predicted molar refractivity (Wildman–Crippen MR) is 110 cm³/mol. The average molecular weight is 411 g/mol. The molecule has 28 heavy (non-hydrogen) atoms. The number of hydrogen-bond donors (Lipinski definition) is 2. The Morgan fingerprint density at radius 3 is 2.79 bits per heavy atom. The van der Waals surface area contributed by atoms with Crippen LogP contribution in [0.3, 0.4) is 0 Å². The van der Waals surface area contributed by atoms with Gasteiger partial charge in [-0.3, -0.25) is 9.59 Å². The number of para-hydroxylation sites is 1. The Bertz CT molecular complexity index is 637. The predicted octanol–water partition coefficient (Wildman–Crippen LogP) is 1.86. The average Bonchev–Trinajstić information content (AvgIpc) is 3.22. The van der Waals surface area contributed by atoms with Crippen molar-refractivity contribution < 1.29 is 23.8 Å². The molecule has 1 heterocycles. The molecule has 0 radical (unpaired) electrons. The van der Waals surface area contributed by atoms with E-state index in [0.717, 1.165) is 18.8 Å². The molecule has 156 valence electrons. The number of amides is 2. The van der Waals surface area contributed by atoms with Crippen molar-refractivity contribution in [3.63, 3.8) is 0 Å². The molecule has 2 N–H and O–H groups in total. The maximum absolute atomic E-state index is 12.7. The summed E-state index contributed by atoms with van der Waals surface area (Å²) < 4.78 is 16.3. The Labute approximate surface area is 170 Å². The maximum Gasteiger partial charge on any atom is 0.255 e. The summed E-state index contributed by atoms with van der Waals surface area (Å²) in [6.07, 6.45) is 3.48. The number of carbonyl (C=O) groups is 2. The summed E-state index contributed by atoms with van der Waals surface area (Å²) in [6.45, 7) is 3.62. The summed E-state index contributed by atoms with van der Waals surface area (Å²) in [6, 6.07) is 6.18. The van der Waals surface area contributed by atoms with Gasteiger partial charge < -0.3 is 24.8 Å². The van der Waals surface area contributed by atoms with Gasteiger partial charge in [-0.1, -0.05) is 12.1 Å². The van der Waals surface area contributed by atoms with Gasteiger partial charge in [-0.15, -0.1) is 0 Å². The largest absolute Gasteiger partial charge is 0.496 e. The first kappa shape index (κ1) is 22.5. The van der Waals surface area contributed by atoms with Gasteiger partial charge in [-0.2, -0.15) is 11.8 Å². The van der Waals surface area contributed by atoms with E-state index >= 15 is 0 Å². The summed E-state index contributed by atoms with van der Waals surface area (Å²) >= 11 is 1.63. The fourth-order valence-electron chi connectivity index (χ4n) is 2.88. The first-order valence-electron chi connectivity index (χ1n) is 9.47. The lowest BCUT2D eigenvalue weighted by molar-refractivity contribution is -0.124. The van der Waals surface area contributed by atoms with Crippen molar-refractivity contribution in [1.29, 1.82) is 0 Å². The Balaban J connectivity index is 1.92. The van der Waals surface area contributed by atoms with Gasteiger partial charge in [-0.05, 0) is 43.9 Å². The molecule has 1 aromatic carbocycles. The quantitative estimate of drug-likeness (QED) is 0.579. The number of ether oxygens (including phenoxy) is 3. The Morgan fingerprint density at radius 1 is 1.32 bits per heavy atom. The van der Waals surface area contributed by atoms with Crippen molar-refractivity contribution in [2.75, 3.05) is 38.9 Å². The normalized spacial score (nSPS) is 18.3. The van der Waals surface area contributed by atoms with E-state index in [4.69, 9.17) is 14.2 Å². The fourth-order valence-corrected chi connectivity index (χ4v) is 3.35. The second kappa shape index (κ2) is 11.9. The Morgan fingerprint density at radius 2 is 2.11 bits per heavy atom. The van der Waals surface area contributed by atoms with Crippen molar-refractivity contribution in [3.05, 3.63) is 29.8 Å². The molecular formula is C20H30N2O5S. The highest BCUT2D eigenvalue weighted by atomic mass is 32.2. The van der Waals surface area contributed by atoms with Crippen LogP contribution in [0.5, 0.6) is 5.75 Å². The second-order valence-corrected chi connectivity index (χ2v) is 7.72. The van der Waals surface area contributed by atoms with Crippen LogP contribution in [0.2, 0.25) is 0 Å². The van der Waals surface area contributed by atoms with E-state index in [2.05, 4.69) is 10.6 Å². The van der Waals surface area contributed by atoms with Gasteiger partial charge in [0.2, 0.25) is 5.91 Å². The van der Waals surface area contributed by atoms with Gasteiger partial charge in [0.15, 0.2) is 0 Å². The van der Waals surface area contributed by atoms with Gasteiger partial charge in [0.05, 0.1) is 32.0 Å². The smallest absolute Gasteiger partial charge is 0.255 e. The van der Waals surface area contributed by atoms with Gasteiger partial charge in [0, 0.05) is 12.6 Å². The van der Waals surface area contributed by atoms with E-state index in [1.165, 1.54) is 7.11 Å². The molecule has 0 unspecified atom stereocenters. The molecular weight excluding hydrogens is 380 g/mol. The van der Waals surface area contributed by atoms with E-state index in [0.29, 0.717) is 30.9 Å². The molecule has 0 spiro atoms. The number of benzene rings is 1. The standard InChI is InChI=1S/C20H30N2O5S/c1-14(12-27-15-8-10-26-13-15)21-20(24)17(9-11-28-3)22-19(23)16-6-4-5-7-18(16)25-2/h4-7,14-15,17H,8-13H2,1-3H3,(H,21,24)(H,22,23)/t14-,15+,17+/m0/s1. The zero-order chi connectivity index (χ0) is 20.4. The van der Waals surface area contributed by atoms with Crippen molar-refractivity contribution in [2.45, 2.75) is 38.0 Å². The third kappa shape index (κ3) is 7.00. The molecule has 3 atom stereocenters. The van der Waals surface area contributed by atoms with Crippen molar-refractivity contribution in [1.82, 2.24) is 10.6 Å². The Hall–Kier alpha value is -1.77. The lowest BCUT2D eigenvalue weighted by atomic mass is 10.1. The molecule has 7 nitrogen and oxygen atoms in total. The SMILES string of the molecule is COc1ccccc1C(=O)N[C@H](CCSC)C(=O)N[C@@H](C)CO[C@@H]1CCOC1. The third-order valence-corrected chi connectivity index (χ3v) is 5.09. The number of nitrogens with one attached hydrogen (secondary N) is 2. The first-order valence-corrected chi connectivity index (χ1v) is 10.9. The molecule has 0 bridgehead atoms. The van der Waals surface area contributed by atoms with Crippen LogP contribution in [0, 0.1) is 0 Å². The molecule has 2 rings (SSSR count). The highest BCUT2D eigenvalue weighted by molar-refractivity contribution is 7.98. The van der Waals surface area contributed by atoms with Crippen molar-refractivity contribution in [2.24, 2.45) is 0 Å². The molecule has 2 amide bonds. The molecule has 1 fully saturated rings. The summed E-state index contributed by atoms with van der Waals surface area (Å²) in [5.41, 5.74) is 0.407. The van der Waals surface area contributed by atoms with Crippen molar-refractivity contribution >= 4 is 23.6 Å². The van der Waals surface area contributed by atoms with E-state index < -0.39 is 6.04 Å². The molecule has 1 saturated heterocycles. The minimum atomic E-state index is -0.623. The molecule has 0 saturated carbocycles. The van der Waals surface area contributed by atoms with Crippen molar-refractivity contribution in [3.8, 4) is 5.75 Å². The number of rotatable bonds is 11. The minimum Gasteiger partial charge on any atom is -0.496 e. The summed E-state index contributed by atoms with van der Waals surface area (Å²) in [5.74, 6) is 0.695. The molecule has 0 aromatic heterocycles. The monoisotopic (exact) mass is 410 g/mol. The summed E-state index contributed by atoms with van der Waals surface area (Å²) in [4.78, 5) is 25.4. The van der Waals surface area contributed by atoms with Crippen LogP contribution in [0.4, 0.5) is 0 Å². The van der Waals surface area contributed by atoms with Crippen LogP contribution >= 0.6 is 11.8 Å². The van der Waals surface area contributed by atoms with Crippen LogP contribution in [0.15, 0.2) is 24.3 Å². The van der Waals surface area contributed by atoms with Gasteiger partial charge in [0.1, 0.15) is 11.8 Å². The highest BCUT2D eigenvalue weighted by Gasteiger charge is 2.24. The molecule has 0 aliphatic carbocycles. The Kier molecular flexibility index (Phi) is 9.60. The first-order chi connectivity index (χ1) is 13.5. The molecule has 8 heteroatoms. The van der Waals surface area contributed by atoms with E-state index in [1.54, 1.807) is 36.0 Å². The van der Waals surface area contributed by atoms with Gasteiger partial charge in [0.25, 0.3) is 5.91 Å². The number of carbonyl (C=O) groups excluding carboxylic acids is 2. The highest BCUT2D eigenvalue weighted by Crippen LogP contribution is 2.17. The third-order valence-electron chi connectivity index (χ3n) is 4.44. The number of hydrogen-bond acceptors (Lipinski definition) is 6. The maximum atomic E-state index is 12.7. The molecule has 1 aliphatic heterocycles. The topological polar surface area (TPSA) is 85.9 Å². The van der Waals surface area contributed by atoms with Crippen LogP contribution in [0.1, 0.15) is 30.1 Å². The van der Waals surface area contributed by atoms with Crippen LogP contribution in [-0.4, -0.2) is 68.9 Å². The minimum absolute atomic E-state index is 0.0943. The number of thioether (sulfide) groups is 1. The van der Waals surface area contributed by atoms with Crippen LogP contribution in [-0.2, 0) is 14.3 Å². The zero-order valence-electron chi connectivity index (χ0n) is 16.7. The second-order valence-electron chi connectivity index (χ2n) is 6.74.